The number of rotatable bonds is 4. The number of hydrogen-bond acceptors (Lipinski definition) is 4. The van der Waals surface area contributed by atoms with Gasteiger partial charge in [0.05, 0.1) is 10.6 Å². The second kappa shape index (κ2) is 6.31. The van der Waals surface area contributed by atoms with E-state index in [1.54, 1.807) is 36.4 Å². The lowest BCUT2D eigenvalue weighted by Gasteiger charge is -2.08. The zero-order chi connectivity index (χ0) is 18.1. The van der Waals surface area contributed by atoms with Crippen LogP contribution in [0.3, 0.4) is 0 Å². The summed E-state index contributed by atoms with van der Waals surface area (Å²) in [5.41, 5.74) is 3.38. The van der Waals surface area contributed by atoms with Crippen molar-refractivity contribution in [2.24, 2.45) is 0 Å². The molecule has 0 aliphatic heterocycles. The van der Waals surface area contributed by atoms with Gasteiger partial charge < -0.3 is 4.42 Å². The molecule has 3 aromatic carbocycles. The molecule has 130 valence electrons. The van der Waals surface area contributed by atoms with Crippen molar-refractivity contribution in [3.63, 3.8) is 0 Å². The highest BCUT2D eigenvalue weighted by Gasteiger charge is 2.15. The van der Waals surface area contributed by atoms with Gasteiger partial charge in [-0.25, -0.2) is 13.4 Å². The molecule has 6 heteroatoms. The van der Waals surface area contributed by atoms with E-state index in [4.69, 9.17) is 4.42 Å². The van der Waals surface area contributed by atoms with Crippen LogP contribution in [0.15, 0.2) is 82.1 Å². The highest BCUT2D eigenvalue weighted by Crippen LogP contribution is 2.27. The first-order valence-corrected chi connectivity index (χ1v) is 9.55. The van der Waals surface area contributed by atoms with E-state index < -0.39 is 10.0 Å². The Morgan fingerprint density at radius 3 is 2.50 bits per heavy atom. The predicted octanol–water partition coefficient (Wildman–Crippen LogP) is 4.60. The molecule has 0 saturated carbocycles. The van der Waals surface area contributed by atoms with Crippen LogP contribution in [0.4, 0.5) is 5.69 Å². The lowest BCUT2D eigenvalue weighted by atomic mass is 10.2. The number of hydrogen-bond donors (Lipinski definition) is 1. The van der Waals surface area contributed by atoms with Gasteiger partial charge in [0.2, 0.25) is 5.89 Å². The molecule has 4 rings (SSSR count). The van der Waals surface area contributed by atoms with E-state index in [1.807, 2.05) is 43.3 Å². The first-order valence-electron chi connectivity index (χ1n) is 8.07. The molecule has 0 unspecified atom stereocenters. The second-order valence-electron chi connectivity index (χ2n) is 5.99. The minimum Gasteiger partial charge on any atom is -0.436 e. The van der Waals surface area contributed by atoms with Gasteiger partial charge in [0.15, 0.2) is 5.58 Å². The van der Waals surface area contributed by atoms with Gasteiger partial charge in [0, 0.05) is 5.56 Å². The van der Waals surface area contributed by atoms with Crippen LogP contribution in [0.1, 0.15) is 5.56 Å². The minimum absolute atomic E-state index is 0.225. The summed E-state index contributed by atoms with van der Waals surface area (Å²) in [6.07, 6.45) is 0. The molecule has 0 aliphatic rings. The van der Waals surface area contributed by atoms with Gasteiger partial charge in [-0.15, -0.1) is 0 Å². The molecular weight excluding hydrogens is 348 g/mol. The lowest BCUT2D eigenvalue weighted by molar-refractivity contribution is 0.601. The Balaban J connectivity index is 1.67. The molecule has 0 spiro atoms. The Labute approximate surface area is 151 Å². The Morgan fingerprint density at radius 1 is 0.923 bits per heavy atom. The van der Waals surface area contributed by atoms with Crippen molar-refractivity contribution in [1.82, 2.24) is 4.98 Å². The van der Waals surface area contributed by atoms with Crippen molar-refractivity contribution in [3.8, 4) is 11.5 Å². The number of benzene rings is 3. The van der Waals surface area contributed by atoms with E-state index in [1.165, 1.54) is 0 Å². The molecule has 26 heavy (non-hydrogen) atoms. The standard InChI is InChI=1S/C20H16N2O3S/c1-14-6-5-9-17(12-14)26(23,24)22-16-10-11-19-18(13-16)21-20(25-19)15-7-3-2-4-8-15/h2-13,22H,1H3. The summed E-state index contributed by atoms with van der Waals surface area (Å²) in [4.78, 5) is 4.68. The fourth-order valence-corrected chi connectivity index (χ4v) is 3.85. The molecule has 1 aromatic heterocycles. The van der Waals surface area contributed by atoms with Gasteiger partial charge in [-0.05, 0) is 55.0 Å². The summed E-state index contributed by atoms with van der Waals surface area (Å²) >= 11 is 0. The van der Waals surface area contributed by atoms with Crippen molar-refractivity contribution >= 4 is 26.8 Å². The number of aromatic nitrogens is 1. The molecule has 0 radical (unpaired) electrons. The van der Waals surface area contributed by atoms with Gasteiger partial charge in [-0.3, -0.25) is 4.72 Å². The minimum atomic E-state index is -3.66. The zero-order valence-corrected chi connectivity index (χ0v) is 14.8. The molecule has 0 atom stereocenters. The Kier molecular flexibility index (Phi) is 3.97. The maximum absolute atomic E-state index is 12.6. The molecule has 4 aromatic rings. The summed E-state index contributed by atoms with van der Waals surface area (Å²) in [6.45, 7) is 1.85. The molecule has 1 heterocycles. The molecule has 1 N–H and O–H groups in total. The largest absolute Gasteiger partial charge is 0.436 e. The van der Waals surface area contributed by atoms with Crippen LogP contribution in [0.2, 0.25) is 0 Å². The first kappa shape index (κ1) is 16.4. The summed E-state index contributed by atoms with van der Waals surface area (Å²) in [6, 6.07) is 21.4. The Hall–Kier alpha value is -3.12. The smallest absolute Gasteiger partial charge is 0.261 e. The predicted molar refractivity (Wildman–Crippen MR) is 101 cm³/mol. The summed E-state index contributed by atoms with van der Waals surface area (Å²) < 4.78 is 33.5. The summed E-state index contributed by atoms with van der Waals surface area (Å²) in [5.74, 6) is 0.499. The van der Waals surface area contributed by atoms with Crippen molar-refractivity contribution in [1.29, 1.82) is 0 Å². The van der Waals surface area contributed by atoms with E-state index in [-0.39, 0.29) is 4.90 Å². The van der Waals surface area contributed by atoms with Crippen LogP contribution < -0.4 is 4.72 Å². The van der Waals surface area contributed by atoms with Crippen molar-refractivity contribution in [3.05, 3.63) is 78.4 Å². The number of nitrogens with one attached hydrogen (secondary N) is 1. The highest BCUT2D eigenvalue weighted by molar-refractivity contribution is 7.92. The van der Waals surface area contributed by atoms with Gasteiger partial charge in [0.25, 0.3) is 10.0 Å². The van der Waals surface area contributed by atoms with E-state index in [9.17, 15) is 8.42 Å². The van der Waals surface area contributed by atoms with E-state index in [2.05, 4.69) is 9.71 Å². The molecule has 0 bridgehead atoms. The van der Waals surface area contributed by atoms with Gasteiger partial charge in [-0.2, -0.15) is 0 Å². The van der Waals surface area contributed by atoms with Crippen molar-refractivity contribution in [2.75, 3.05) is 4.72 Å². The molecule has 0 fully saturated rings. The molecule has 5 nitrogen and oxygen atoms in total. The number of aryl methyl sites for hydroxylation is 1. The maximum Gasteiger partial charge on any atom is 0.261 e. The SMILES string of the molecule is Cc1cccc(S(=O)(=O)Nc2ccc3oc(-c4ccccc4)nc3c2)c1. The van der Waals surface area contributed by atoms with E-state index in [0.717, 1.165) is 11.1 Å². The van der Waals surface area contributed by atoms with Gasteiger partial charge in [0.1, 0.15) is 5.52 Å². The van der Waals surface area contributed by atoms with E-state index >= 15 is 0 Å². The Bertz CT molecular complexity index is 1180. The molecule has 0 aliphatic carbocycles. The van der Waals surface area contributed by atoms with Crippen LogP contribution in [-0.4, -0.2) is 13.4 Å². The number of oxazole rings is 1. The third-order valence-corrected chi connectivity index (χ3v) is 5.34. The zero-order valence-electron chi connectivity index (χ0n) is 14.0. The summed E-state index contributed by atoms with van der Waals surface area (Å²) in [7, 11) is -3.66. The maximum atomic E-state index is 12.6. The van der Waals surface area contributed by atoms with Crippen LogP contribution in [0, 0.1) is 6.92 Å². The molecule has 0 saturated heterocycles. The lowest BCUT2D eigenvalue weighted by Crippen LogP contribution is -2.12. The normalized spacial score (nSPS) is 11.6. The fraction of sp³-hybridized carbons (Fsp3) is 0.0500. The van der Waals surface area contributed by atoms with Gasteiger partial charge in [-0.1, -0.05) is 30.3 Å². The third-order valence-electron chi connectivity index (χ3n) is 3.96. The van der Waals surface area contributed by atoms with Crippen LogP contribution in [-0.2, 0) is 10.0 Å². The quantitative estimate of drug-likeness (QED) is 0.574. The molecular formula is C20H16N2O3S. The van der Waals surface area contributed by atoms with Crippen LogP contribution >= 0.6 is 0 Å². The second-order valence-corrected chi connectivity index (χ2v) is 7.67. The highest BCUT2D eigenvalue weighted by atomic mass is 32.2. The number of fused-ring (bicyclic) bond motifs is 1. The third kappa shape index (κ3) is 3.19. The van der Waals surface area contributed by atoms with E-state index in [0.29, 0.717) is 22.7 Å². The number of anilines is 1. The van der Waals surface area contributed by atoms with Gasteiger partial charge >= 0.3 is 0 Å². The topological polar surface area (TPSA) is 72.2 Å². The average molecular weight is 364 g/mol. The van der Waals surface area contributed by atoms with Crippen molar-refractivity contribution < 1.29 is 12.8 Å². The fourth-order valence-electron chi connectivity index (χ4n) is 2.69. The first-order chi connectivity index (χ1) is 12.5. The van der Waals surface area contributed by atoms with Crippen LogP contribution in [0.5, 0.6) is 0 Å². The monoisotopic (exact) mass is 364 g/mol. The number of nitrogens with zero attached hydrogens (tertiary/aromatic N) is 1. The summed E-state index contributed by atoms with van der Waals surface area (Å²) in [5, 5.41) is 0. The van der Waals surface area contributed by atoms with Crippen molar-refractivity contribution in [2.45, 2.75) is 11.8 Å². The Morgan fingerprint density at radius 2 is 1.73 bits per heavy atom. The average Bonchev–Trinajstić information content (AvgIpc) is 3.05. The number of sulfonamides is 1. The molecule has 0 amide bonds. The van der Waals surface area contributed by atoms with Crippen LogP contribution in [0.25, 0.3) is 22.6 Å².